The molecule has 0 bridgehead atoms. The molecule has 1 N–H and O–H groups in total. The van der Waals surface area contributed by atoms with Gasteiger partial charge in [-0.3, -0.25) is 10.1 Å². The molecule has 0 fully saturated rings. The van der Waals surface area contributed by atoms with Crippen molar-refractivity contribution in [1.29, 1.82) is 0 Å². The SMILES string of the molecule is O=c1oc2cc([N+](=O)[O-])ccc2nc1C=C(O)C=Cc1ccccc1. The van der Waals surface area contributed by atoms with Gasteiger partial charge in [0, 0.05) is 12.1 Å². The maximum atomic E-state index is 11.9. The number of aliphatic hydroxyl groups excluding tert-OH is 1. The van der Waals surface area contributed by atoms with E-state index in [-0.39, 0.29) is 28.2 Å². The molecule has 3 rings (SSSR count). The van der Waals surface area contributed by atoms with Crippen LogP contribution in [-0.4, -0.2) is 15.0 Å². The lowest BCUT2D eigenvalue weighted by Gasteiger charge is -1.98. The van der Waals surface area contributed by atoms with E-state index in [0.29, 0.717) is 0 Å². The summed E-state index contributed by atoms with van der Waals surface area (Å²) in [5.74, 6) is -0.176. The molecule has 0 saturated carbocycles. The number of nitro groups is 1. The minimum atomic E-state index is -0.798. The van der Waals surface area contributed by atoms with Crippen molar-refractivity contribution in [3.63, 3.8) is 0 Å². The van der Waals surface area contributed by atoms with E-state index in [1.807, 2.05) is 30.3 Å². The highest BCUT2D eigenvalue weighted by molar-refractivity contribution is 5.75. The predicted molar refractivity (Wildman–Crippen MR) is 93.0 cm³/mol. The maximum absolute atomic E-state index is 11.9. The molecule has 0 saturated heterocycles. The lowest BCUT2D eigenvalue weighted by Crippen LogP contribution is -2.06. The van der Waals surface area contributed by atoms with Crippen molar-refractivity contribution in [1.82, 2.24) is 4.98 Å². The van der Waals surface area contributed by atoms with Crippen molar-refractivity contribution in [2.45, 2.75) is 0 Å². The molecule has 0 aliphatic heterocycles. The largest absolute Gasteiger partial charge is 0.508 e. The number of allylic oxidation sites excluding steroid dienone is 1. The first kappa shape index (κ1) is 16.1. The van der Waals surface area contributed by atoms with E-state index in [9.17, 15) is 20.0 Å². The summed E-state index contributed by atoms with van der Waals surface area (Å²) in [7, 11) is 0. The number of hydrogen-bond donors (Lipinski definition) is 1. The summed E-state index contributed by atoms with van der Waals surface area (Å²) >= 11 is 0. The Morgan fingerprint density at radius 3 is 2.68 bits per heavy atom. The minimum absolute atomic E-state index is 0.00988. The van der Waals surface area contributed by atoms with Gasteiger partial charge in [0.25, 0.3) is 5.69 Å². The van der Waals surface area contributed by atoms with Gasteiger partial charge < -0.3 is 9.52 Å². The maximum Gasteiger partial charge on any atom is 0.362 e. The van der Waals surface area contributed by atoms with Gasteiger partial charge in [-0.2, -0.15) is 0 Å². The van der Waals surface area contributed by atoms with Crippen LogP contribution in [0.25, 0.3) is 23.3 Å². The van der Waals surface area contributed by atoms with Crippen molar-refractivity contribution in [3.05, 3.63) is 92.2 Å². The van der Waals surface area contributed by atoms with Gasteiger partial charge in [0.05, 0.1) is 11.0 Å². The summed E-state index contributed by atoms with van der Waals surface area (Å²) in [6.45, 7) is 0. The number of non-ortho nitro benzene ring substituents is 1. The Kier molecular flexibility index (Phi) is 4.38. The molecular formula is C18H12N2O5. The summed E-state index contributed by atoms with van der Waals surface area (Å²) < 4.78 is 5.04. The Balaban J connectivity index is 1.94. The van der Waals surface area contributed by atoms with E-state index in [1.54, 1.807) is 6.08 Å². The first-order valence-electron chi connectivity index (χ1n) is 7.26. The molecule has 0 aliphatic rings. The van der Waals surface area contributed by atoms with Gasteiger partial charge in [0.1, 0.15) is 11.3 Å². The minimum Gasteiger partial charge on any atom is -0.508 e. The summed E-state index contributed by atoms with van der Waals surface area (Å²) in [5.41, 5.74) is 0.0684. The Morgan fingerprint density at radius 1 is 1.20 bits per heavy atom. The van der Waals surface area contributed by atoms with Crippen LogP contribution < -0.4 is 5.63 Å². The van der Waals surface area contributed by atoms with Gasteiger partial charge >= 0.3 is 5.63 Å². The molecule has 7 heteroatoms. The van der Waals surface area contributed by atoms with Crippen LogP contribution >= 0.6 is 0 Å². The Bertz CT molecular complexity index is 1050. The number of aliphatic hydroxyl groups is 1. The van der Waals surface area contributed by atoms with Gasteiger partial charge in [0.15, 0.2) is 11.3 Å². The number of rotatable bonds is 4. The van der Waals surface area contributed by atoms with Crippen molar-refractivity contribution in [2.75, 3.05) is 0 Å². The molecule has 0 radical (unpaired) electrons. The van der Waals surface area contributed by atoms with Gasteiger partial charge in [-0.15, -0.1) is 0 Å². The summed E-state index contributed by atoms with van der Waals surface area (Å²) in [6.07, 6.45) is 4.28. The summed E-state index contributed by atoms with van der Waals surface area (Å²) in [4.78, 5) is 26.2. The smallest absolute Gasteiger partial charge is 0.362 e. The standard InChI is InChI=1S/C18H12N2O5/c21-14(8-6-12-4-2-1-3-5-12)11-16-18(22)25-17-10-13(20(23)24)7-9-15(17)19-16/h1-11,21H. The third kappa shape index (κ3) is 3.78. The van der Waals surface area contributed by atoms with Crippen LogP contribution in [-0.2, 0) is 0 Å². The van der Waals surface area contributed by atoms with Crippen molar-refractivity contribution < 1.29 is 14.4 Å². The molecule has 0 amide bonds. The molecule has 7 nitrogen and oxygen atoms in total. The average Bonchev–Trinajstić information content (AvgIpc) is 2.61. The van der Waals surface area contributed by atoms with Gasteiger partial charge in [-0.25, -0.2) is 9.78 Å². The Hall–Kier alpha value is -3.74. The summed E-state index contributed by atoms with van der Waals surface area (Å²) in [6, 6.07) is 13.1. The fourth-order valence-corrected chi connectivity index (χ4v) is 2.14. The van der Waals surface area contributed by atoms with Crippen LogP contribution in [0, 0.1) is 10.1 Å². The molecule has 0 spiro atoms. The monoisotopic (exact) mass is 336 g/mol. The second kappa shape index (κ2) is 6.79. The fourth-order valence-electron chi connectivity index (χ4n) is 2.14. The van der Waals surface area contributed by atoms with Crippen molar-refractivity contribution >= 4 is 28.9 Å². The van der Waals surface area contributed by atoms with E-state index in [0.717, 1.165) is 11.6 Å². The third-order valence-electron chi connectivity index (χ3n) is 3.34. The number of hydrogen-bond acceptors (Lipinski definition) is 6. The van der Waals surface area contributed by atoms with Gasteiger partial charge in [0.2, 0.25) is 0 Å². The van der Waals surface area contributed by atoms with E-state index >= 15 is 0 Å². The van der Waals surface area contributed by atoms with Crippen LogP contribution in [0.1, 0.15) is 11.3 Å². The van der Waals surface area contributed by atoms with Gasteiger partial charge in [-0.05, 0) is 17.7 Å². The van der Waals surface area contributed by atoms with E-state index in [4.69, 9.17) is 4.42 Å². The molecule has 124 valence electrons. The molecule has 0 unspecified atom stereocenters. The number of nitro benzene ring substituents is 1. The molecule has 1 aromatic heterocycles. The highest BCUT2D eigenvalue weighted by atomic mass is 16.6. The highest BCUT2D eigenvalue weighted by Gasteiger charge is 2.11. The van der Waals surface area contributed by atoms with E-state index in [1.165, 1.54) is 24.3 Å². The average molecular weight is 336 g/mol. The van der Waals surface area contributed by atoms with Crippen molar-refractivity contribution in [2.24, 2.45) is 0 Å². The number of benzene rings is 2. The van der Waals surface area contributed by atoms with Crippen LogP contribution in [0.5, 0.6) is 0 Å². The third-order valence-corrected chi connectivity index (χ3v) is 3.34. The summed E-state index contributed by atoms with van der Waals surface area (Å²) in [5, 5.41) is 20.7. The zero-order valence-corrected chi connectivity index (χ0v) is 12.8. The second-order valence-corrected chi connectivity index (χ2v) is 5.11. The molecule has 25 heavy (non-hydrogen) atoms. The first-order valence-corrected chi connectivity index (χ1v) is 7.26. The van der Waals surface area contributed by atoms with Gasteiger partial charge in [-0.1, -0.05) is 36.4 Å². The first-order chi connectivity index (χ1) is 12.0. The normalized spacial score (nSPS) is 11.9. The van der Waals surface area contributed by atoms with Crippen LogP contribution in [0.2, 0.25) is 0 Å². The lowest BCUT2D eigenvalue weighted by atomic mass is 10.2. The highest BCUT2D eigenvalue weighted by Crippen LogP contribution is 2.18. The van der Waals surface area contributed by atoms with Crippen LogP contribution in [0.4, 0.5) is 5.69 Å². The van der Waals surface area contributed by atoms with Crippen LogP contribution in [0.3, 0.4) is 0 Å². The number of fused-ring (bicyclic) bond motifs is 1. The molecule has 0 aliphatic carbocycles. The molecule has 3 aromatic rings. The molecule has 0 atom stereocenters. The molecule has 2 aromatic carbocycles. The van der Waals surface area contributed by atoms with Crippen LogP contribution in [0.15, 0.2) is 69.6 Å². The topological polar surface area (TPSA) is 106 Å². The van der Waals surface area contributed by atoms with Crippen molar-refractivity contribution in [3.8, 4) is 0 Å². The molecular weight excluding hydrogens is 324 g/mol. The predicted octanol–water partition coefficient (Wildman–Crippen LogP) is 3.71. The number of aromatic nitrogens is 1. The Labute approximate surface area is 141 Å². The molecule has 1 heterocycles. The second-order valence-electron chi connectivity index (χ2n) is 5.11. The zero-order valence-electron chi connectivity index (χ0n) is 12.8. The fraction of sp³-hybridized carbons (Fsp3) is 0. The lowest BCUT2D eigenvalue weighted by molar-refractivity contribution is -0.384. The number of nitrogens with zero attached hydrogens (tertiary/aromatic N) is 2. The van der Waals surface area contributed by atoms with E-state index < -0.39 is 10.5 Å². The van der Waals surface area contributed by atoms with E-state index in [2.05, 4.69) is 4.98 Å². The quantitative estimate of drug-likeness (QED) is 0.337. The Morgan fingerprint density at radius 2 is 1.96 bits per heavy atom. The zero-order chi connectivity index (χ0) is 17.8.